The third-order valence-corrected chi connectivity index (χ3v) is 15.9. The van der Waals surface area contributed by atoms with Crippen LogP contribution >= 0.6 is 7.82 Å². The lowest BCUT2D eigenvalue weighted by molar-refractivity contribution is -0.870. The van der Waals surface area contributed by atoms with E-state index in [-0.39, 0.29) is 25.6 Å². The molecule has 9 nitrogen and oxygen atoms in total. The van der Waals surface area contributed by atoms with Crippen molar-refractivity contribution < 1.29 is 42.1 Å². The summed E-state index contributed by atoms with van der Waals surface area (Å²) in [5.41, 5.74) is 0. The monoisotopic (exact) mass is 1060 g/mol. The standard InChI is InChI=1S/C63H126NO8P/c1-6-8-10-12-14-16-18-20-22-24-26-27-28-29-30-31-32-33-34-35-36-38-40-42-44-46-48-50-52-54-56-63(66)72-61(60-71-73(67,68)70-58-57-64(3,4)5)59-69-62(65)55-53-51-49-47-45-43-41-39-37-25-23-21-19-17-15-13-11-9-7-2/h61H,6-60H2,1-5H3/p+1. The first-order chi connectivity index (χ1) is 35.5. The van der Waals surface area contributed by atoms with Crippen LogP contribution < -0.4 is 0 Å². The van der Waals surface area contributed by atoms with Crippen molar-refractivity contribution in [3.8, 4) is 0 Å². The van der Waals surface area contributed by atoms with E-state index in [4.69, 9.17) is 18.5 Å². The normalized spacial score (nSPS) is 13.1. The highest BCUT2D eigenvalue weighted by Gasteiger charge is 2.27. The summed E-state index contributed by atoms with van der Waals surface area (Å²) in [4.78, 5) is 35.7. The molecule has 2 unspecified atom stereocenters. The number of nitrogens with zero attached hydrogens (tertiary/aromatic N) is 1. The molecule has 2 atom stereocenters. The SMILES string of the molecule is CCCCCCCCCCCCCCCCCCCCCCCCCCCCCCCCC(=O)OC(COC(=O)CCCCCCCCCCCCCCCCCCCCC)COP(=O)(O)OCC[N+](C)(C)C. The fourth-order valence-electron chi connectivity index (χ4n) is 9.90. The Morgan fingerprint density at radius 3 is 0.877 bits per heavy atom. The van der Waals surface area contributed by atoms with Gasteiger partial charge >= 0.3 is 19.8 Å². The number of likely N-dealkylation sites (N-methyl/N-ethyl adjacent to an activating group) is 1. The predicted molar refractivity (Wildman–Crippen MR) is 312 cm³/mol. The number of rotatable bonds is 61. The summed E-state index contributed by atoms with van der Waals surface area (Å²) in [5, 5.41) is 0. The van der Waals surface area contributed by atoms with Crippen LogP contribution in [0.3, 0.4) is 0 Å². The summed E-state index contributed by atoms with van der Waals surface area (Å²) < 4.78 is 34.7. The smallest absolute Gasteiger partial charge is 0.462 e. The Bertz CT molecular complexity index is 1200. The Morgan fingerprint density at radius 2 is 0.616 bits per heavy atom. The first-order valence-electron chi connectivity index (χ1n) is 32.3. The molecule has 73 heavy (non-hydrogen) atoms. The van der Waals surface area contributed by atoms with Gasteiger partial charge in [0.15, 0.2) is 6.10 Å². The zero-order valence-corrected chi connectivity index (χ0v) is 50.6. The number of hydrogen-bond acceptors (Lipinski definition) is 7. The Hall–Kier alpha value is -0.990. The fourth-order valence-corrected chi connectivity index (χ4v) is 10.6. The number of carbonyl (C=O) groups is 2. The van der Waals surface area contributed by atoms with Gasteiger partial charge in [-0.15, -0.1) is 0 Å². The molecule has 0 aliphatic carbocycles. The summed E-state index contributed by atoms with van der Waals surface area (Å²) in [6.07, 6.45) is 64.8. The van der Waals surface area contributed by atoms with Crippen molar-refractivity contribution in [1.29, 1.82) is 0 Å². The molecular formula is C63H127NO8P+. The van der Waals surface area contributed by atoms with Gasteiger partial charge < -0.3 is 18.9 Å². The van der Waals surface area contributed by atoms with Crippen LogP contribution in [0, 0.1) is 0 Å². The third-order valence-electron chi connectivity index (χ3n) is 14.9. The van der Waals surface area contributed by atoms with E-state index in [0.717, 1.165) is 38.5 Å². The number of unbranched alkanes of at least 4 members (excludes halogenated alkanes) is 47. The molecule has 0 amide bonds. The molecule has 0 aliphatic rings. The highest BCUT2D eigenvalue weighted by molar-refractivity contribution is 7.47. The lowest BCUT2D eigenvalue weighted by atomic mass is 10.0. The molecule has 0 bridgehead atoms. The van der Waals surface area contributed by atoms with E-state index in [1.165, 1.54) is 276 Å². The highest BCUT2D eigenvalue weighted by atomic mass is 31.2. The minimum absolute atomic E-state index is 0.0375. The van der Waals surface area contributed by atoms with Crippen molar-refractivity contribution in [2.45, 2.75) is 347 Å². The first kappa shape index (κ1) is 72.0. The second kappa shape index (κ2) is 55.8. The summed E-state index contributed by atoms with van der Waals surface area (Å²) in [6, 6.07) is 0. The first-order valence-corrected chi connectivity index (χ1v) is 33.8. The minimum Gasteiger partial charge on any atom is -0.462 e. The average Bonchev–Trinajstić information content (AvgIpc) is 3.35. The van der Waals surface area contributed by atoms with Crippen LogP contribution in [0.1, 0.15) is 341 Å². The van der Waals surface area contributed by atoms with Gasteiger partial charge in [0.25, 0.3) is 0 Å². The van der Waals surface area contributed by atoms with Gasteiger partial charge in [-0.05, 0) is 12.8 Å². The van der Waals surface area contributed by atoms with Crippen molar-refractivity contribution in [3.05, 3.63) is 0 Å². The maximum Gasteiger partial charge on any atom is 0.472 e. The van der Waals surface area contributed by atoms with Crippen LogP contribution in [0.15, 0.2) is 0 Å². The Kier molecular flexibility index (Phi) is 55.0. The molecule has 0 aliphatic heterocycles. The lowest BCUT2D eigenvalue weighted by Crippen LogP contribution is -2.37. The summed E-state index contributed by atoms with van der Waals surface area (Å²) >= 11 is 0. The lowest BCUT2D eigenvalue weighted by Gasteiger charge is -2.24. The number of hydrogen-bond donors (Lipinski definition) is 1. The highest BCUT2D eigenvalue weighted by Crippen LogP contribution is 2.43. The molecule has 436 valence electrons. The molecule has 0 aromatic carbocycles. The van der Waals surface area contributed by atoms with Crippen molar-refractivity contribution in [2.75, 3.05) is 47.5 Å². The number of phosphoric ester groups is 1. The van der Waals surface area contributed by atoms with Gasteiger partial charge in [-0.3, -0.25) is 18.6 Å². The van der Waals surface area contributed by atoms with Gasteiger partial charge in [-0.25, -0.2) is 4.57 Å². The molecule has 0 rings (SSSR count). The molecule has 0 heterocycles. The van der Waals surface area contributed by atoms with E-state index in [2.05, 4.69) is 13.8 Å². The van der Waals surface area contributed by atoms with E-state index in [1.54, 1.807) is 0 Å². The van der Waals surface area contributed by atoms with E-state index in [9.17, 15) is 19.0 Å². The van der Waals surface area contributed by atoms with Gasteiger partial charge in [0, 0.05) is 12.8 Å². The van der Waals surface area contributed by atoms with Crippen LogP contribution in [0.5, 0.6) is 0 Å². The van der Waals surface area contributed by atoms with Crippen LogP contribution in [0.2, 0.25) is 0 Å². The number of ether oxygens (including phenoxy) is 2. The second-order valence-electron chi connectivity index (χ2n) is 23.5. The quantitative estimate of drug-likeness (QED) is 0.0278. The van der Waals surface area contributed by atoms with Crippen LogP contribution in [0.25, 0.3) is 0 Å². The second-order valence-corrected chi connectivity index (χ2v) is 25.0. The summed E-state index contributed by atoms with van der Waals surface area (Å²) in [5.74, 6) is -0.771. The Labute approximate surface area is 454 Å². The molecule has 0 saturated carbocycles. The maximum absolute atomic E-state index is 12.8. The fraction of sp³-hybridized carbons (Fsp3) is 0.968. The van der Waals surface area contributed by atoms with Crippen molar-refractivity contribution in [3.63, 3.8) is 0 Å². The number of phosphoric acid groups is 1. The van der Waals surface area contributed by atoms with Gasteiger partial charge in [-0.1, -0.05) is 316 Å². The Morgan fingerprint density at radius 1 is 0.370 bits per heavy atom. The molecule has 0 radical (unpaired) electrons. The Balaban J connectivity index is 4.00. The molecular weight excluding hydrogens is 930 g/mol. The van der Waals surface area contributed by atoms with Gasteiger partial charge in [0.2, 0.25) is 0 Å². The third kappa shape index (κ3) is 60.1. The molecule has 0 aromatic heterocycles. The van der Waals surface area contributed by atoms with Gasteiger partial charge in [-0.2, -0.15) is 0 Å². The molecule has 0 saturated heterocycles. The molecule has 0 fully saturated rings. The van der Waals surface area contributed by atoms with Crippen LogP contribution in [0.4, 0.5) is 0 Å². The van der Waals surface area contributed by atoms with E-state index in [0.29, 0.717) is 17.4 Å². The van der Waals surface area contributed by atoms with E-state index in [1.807, 2.05) is 21.1 Å². The average molecular weight is 1060 g/mol. The molecule has 0 spiro atoms. The minimum atomic E-state index is -4.38. The molecule has 10 heteroatoms. The molecule has 1 N–H and O–H groups in total. The largest absolute Gasteiger partial charge is 0.472 e. The summed E-state index contributed by atoms with van der Waals surface area (Å²) in [6.45, 7) is 4.52. The summed E-state index contributed by atoms with van der Waals surface area (Å²) in [7, 11) is 1.50. The van der Waals surface area contributed by atoms with Crippen LogP contribution in [-0.4, -0.2) is 74.9 Å². The van der Waals surface area contributed by atoms with Crippen molar-refractivity contribution >= 4 is 19.8 Å². The van der Waals surface area contributed by atoms with Gasteiger partial charge in [0.1, 0.15) is 19.8 Å². The number of esters is 2. The maximum atomic E-state index is 12.8. The van der Waals surface area contributed by atoms with Crippen molar-refractivity contribution in [1.82, 2.24) is 0 Å². The zero-order valence-electron chi connectivity index (χ0n) is 49.7. The number of quaternary nitrogens is 1. The number of carbonyl (C=O) groups excluding carboxylic acids is 2. The predicted octanol–water partition coefficient (Wildman–Crippen LogP) is 20.2. The van der Waals surface area contributed by atoms with Crippen molar-refractivity contribution in [2.24, 2.45) is 0 Å². The van der Waals surface area contributed by atoms with E-state index >= 15 is 0 Å². The zero-order chi connectivity index (χ0) is 53.5. The van der Waals surface area contributed by atoms with Gasteiger partial charge in [0.05, 0.1) is 27.7 Å². The molecule has 0 aromatic rings. The van der Waals surface area contributed by atoms with E-state index < -0.39 is 26.5 Å². The van der Waals surface area contributed by atoms with Crippen LogP contribution in [-0.2, 0) is 32.7 Å². The topological polar surface area (TPSA) is 108 Å².